The number of halogens is 3. The molecule has 0 radical (unpaired) electrons. The van der Waals surface area contributed by atoms with Crippen LogP contribution in [0.3, 0.4) is 0 Å². The van der Waals surface area contributed by atoms with E-state index in [-0.39, 0.29) is 5.91 Å². The second-order valence-corrected chi connectivity index (χ2v) is 7.36. The van der Waals surface area contributed by atoms with E-state index in [4.69, 9.17) is 32.7 Å². The molecule has 1 amide bonds. The molecule has 2 aromatic rings. The number of benzene rings is 2. The minimum atomic E-state index is -0.257. The van der Waals surface area contributed by atoms with Crippen molar-refractivity contribution in [2.75, 3.05) is 19.2 Å². The van der Waals surface area contributed by atoms with Gasteiger partial charge in [-0.2, -0.15) is 10.1 Å². The first-order valence-electron chi connectivity index (χ1n) is 7.84. The summed E-state index contributed by atoms with van der Waals surface area (Å²) < 4.78 is 11.4. The summed E-state index contributed by atoms with van der Waals surface area (Å²) in [5, 5.41) is 6.43. The molecule has 1 aliphatic rings. The number of rotatable bonds is 4. The number of hydrazone groups is 1. The van der Waals surface area contributed by atoms with E-state index in [0.29, 0.717) is 38.5 Å². The molecule has 2 aromatic carbocycles. The molecule has 0 aromatic heterocycles. The molecule has 0 aliphatic carbocycles. The van der Waals surface area contributed by atoms with E-state index in [2.05, 4.69) is 21.0 Å². The Morgan fingerprint density at radius 1 is 1.07 bits per heavy atom. The highest BCUT2D eigenvalue weighted by atomic mass is 79.9. The number of hydrogen-bond acceptors (Lipinski definition) is 4. The third-order valence-electron chi connectivity index (χ3n) is 4.01. The molecule has 1 heterocycles. The molecule has 0 atom stereocenters. The van der Waals surface area contributed by atoms with Crippen LogP contribution in [0.1, 0.15) is 12.5 Å². The van der Waals surface area contributed by atoms with Crippen molar-refractivity contribution in [1.82, 2.24) is 0 Å². The van der Waals surface area contributed by atoms with Crippen molar-refractivity contribution in [3.05, 3.63) is 56.0 Å². The van der Waals surface area contributed by atoms with Crippen LogP contribution in [0.5, 0.6) is 11.5 Å². The largest absolute Gasteiger partial charge is 0.493 e. The Morgan fingerprint density at radius 3 is 2.37 bits per heavy atom. The molecule has 0 bridgehead atoms. The fraction of sp³-hybridized carbons (Fsp3) is 0.158. The quantitative estimate of drug-likeness (QED) is 0.549. The summed E-state index contributed by atoms with van der Waals surface area (Å²) >= 11 is 15.5. The minimum absolute atomic E-state index is 0.257. The van der Waals surface area contributed by atoms with Gasteiger partial charge in [-0.1, -0.05) is 39.1 Å². The van der Waals surface area contributed by atoms with E-state index >= 15 is 0 Å². The number of methoxy groups -OCH3 is 2. The van der Waals surface area contributed by atoms with Crippen LogP contribution in [0.15, 0.2) is 45.5 Å². The first-order valence-corrected chi connectivity index (χ1v) is 9.39. The van der Waals surface area contributed by atoms with Crippen LogP contribution in [-0.2, 0) is 4.79 Å². The lowest BCUT2D eigenvalue weighted by Gasteiger charge is -2.13. The van der Waals surface area contributed by atoms with Crippen LogP contribution in [0.25, 0.3) is 6.08 Å². The summed E-state index contributed by atoms with van der Waals surface area (Å²) in [6, 6.07) is 8.50. The lowest BCUT2D eigenvalue weighted by atomic mass is 10.1. The molecule has 3 rings (SSSR count). The van der Waals surface area contributed by atoms with Gasteiger partial charge in [-0.15, -0.1) is 0 Å². The van der Waals surface area contributed by atoms with Crippen molar-refractivity contribution in [3.63, 3.8) is 0 Å². The van der Waals surface area contributed by atoms with Gasteiger partial charge in [0.05, 0.1) is 41.2 Å². The third-order valence-corrected chi connectivity index (χ3v) is 5.44. The van der Waals surface area contributed by atoms with Gasteiger partial charge in [0.25, 0.3) is 5.91 Å². The van der Waals surface area contributed by atoms with Gasteiger partial charge in [0.15, 0.2) is 11.5 Å². The van der Waals surface area contributed by atoms with Gasteiger partial charge in [-0.25, -0.2) is 0 Å². The van der Waals surface area contributed by atoms with Crippen LogP contribution >= 0.6 is 39.1 Å². The van der Waals surface area contributed by atoms with Crippen LogP contribution < -0.4 is 14.5 Å². The number of amides is 1. The zero-order valence-electron chi connectivity index (χ0n) is 14.7. The van der Waals surface area contributed by atoms with Crippen molar-refractivity contribution >= 4 is 62.5 Å². The Kier molecular flexibility index (Phi) is 5.79. The zero-order valence-corrected chi connectivity index (χ0v) is 17.8. The highest BCUT2D eigenvalue weighted by Crippen LogP contribution is 2.36. The maximum atomic E-state index is 12.9. The maximum absolute atomic E-state index is 12.9. The SMILES string of the molecule is COc1cc(Br)c(/C=C2\C(=O)N(c3ccc(Cl)c(Cl)c3)N=C2C)cc1OC. The van der Waals surface area contributed by atoms with Gasteiger partial charge < -0.3 is 9.47 Å². The molecular formula is C19H15BrCl2N2O3. The predicted octanol–water partition coefficient (Wildman–Crippen LogP) is 5.58. The van der Waals surface area contributed by atoms with Gasteiger partial charge in [0.1, 0.15) is 0 Å². The summed E-state index contributed by atoms with van der Waals surface area (Å²) in [4.78, 5) is 12.9. The highest BCUT2D eigenvalue weighted by molar-refractivity contribution is 9.10. The molecule has 27 heavy (non-hydrogen) atoms. The number of hydrogen-bond donors (Lipinski definition) is 0. The Morgan fingerprint density at radius 2 is 1.74 bits per heavy atom. The van der Waals surface area contributed by atoms with Crippen molar-refractivity contribution in [2.45, 2.75) is 6.92 Å². The summed E-state index contributed by atoms with van der Waals surface area (Å²) in [6.07, 6.45) is 1.75. The Hall–Kier alpha value is -2.02. The maximum Gasteiger partial charge on any atom is 0.280 e. The fourth-order valence-electron chi connectivity index (χ4n) is 2.61. The lowest BCUT2D eigenvalue weighted by Crippen LogP contribution is -2.21. The molecule has 0 spiro atoms. The molecule has 0 saturated heterocycles. The molecule has 140 valence electrons. The van der Waals surface area contributed by atoms with Crippen molar-refractivity contribution < 1.29 is 14.3 Å². The average Bonchev–Trinajstić information content (AvgIpc) is 2.93. The normalized spacial score (nSPS) is 15.3. The van der Waals surface area contributed by atoms with Crippen LogP contribution in [0.4, 0.5) is 5.69 Å². The third kappa shape index (κ3) is 3.83. The second-order valence-electron chi connectivity index (χ2n) is 5.69. The van der Waals surface area contributed by atoms with Crippen molar-refractivity contribution in [3.8, 4) is 11.5 Å². The molecule has 0 saturated carbocycles. The monoisotopic (exact) mass is 468 g/mol. The van der Waals surface area contributed by atoms with Gasteiger partial charge in [-0.3, -0.25) is 4.79 Å². The number of anilines is 1. The first-order chi connectivity index (χ1) is 12.8. The summed E-state index contributed by atoms with van der Waals surface area (Å²) in [5.41, 5.74) is 2.37. The molecule has 0 unspecified atom stereocenters. The average molecular weight is 470 g/mol. The van der Waals surface area contributed by atoms with Crippen LogP contribution in [-0.4, -0.2) is 25.8 Å². The molecule has 0 fully saturated rings. The van der Waals surface area contributed by atoms with Gasteiger partial charge in [-0.05, 0) is 48.9 Å². The zero-order chi connectivity index (χ0) is 19.7. The summed E-state index contributed by atoms with van der Waals surface area (Å²) in [6.45, 7) is 1.77. The first kappa shape index (κ1) is 19.7. The minimum Gasteiger partial charge on any atom is -0.493 e. The van der Waals surface area contributed by atoms with E-state index in [0.717, 1.165) is 10.0 Å². The van der Waals surface area contributed by atoms with Crippen LogP contribution in [0, 0.1) is 0 Å². The molecular weight excluding hydrogens is 455 g/mol. The standard InChI is InChI=1S/C19H15BrCl2N2O3/c1-10-13(6-11-7-17(26-2)18(27-3)9-14(11)20)19(25)24(23-10)12-4-5-15(21)16(22)8-12/h4-9H,1-3H3/b13-6-. The van der Waals surface area contributed by atoms with Gasteiger partial charge in [0.2, 0.25) is 0 Å². The van der Waals surface area contributed by atoms with Crippen LogP contribution in [0.2, 0.25) is 10.0 Å². The number of nitrogens with zero attached hydrogens (tertiary/aromatic N) is 2. The molecule has 0 N–H and O–H groups in total. The van der Waals surface area contributed by atoms with E-state index in [1.54, 1.807) is 57.6 Å². The van der Waals surface area contributed by atoms with Crippen molar-refractivity contribution in [1.29, 1.82) is 0 Å². The van der Waals surface area contributed by atoms with E-state index in [9.17, 15) is 4.79 Å². The molecule has 1 aliphatic heterocycles. The second kappa shape index (κ2) is 7.92. The smallest absolute Gasteiger partial charge is 0.280 e. The van der Waals surface area contributed by atoms with Crippen molar-refractivity contribution in [2.24, 2.45) is 5.10 Å². The topological polar surface area (TPSA) is 51.1 Å². The molecule has 8 heteroatoms. The highest BCUT2D eigenvalue weighted by Gasteiger charge is 2.29. The summed E-state index contributed by atoms with van der Waals surface area (Å²) in [7, 11) is 3.12. The fourth-order valence-corrected chi connectivity index (χ4v) is 3.34. The Bertz CT molecular complexity index is 989. The van der Waals surface area contributed by atoms with Gasteiger partial charge in [0, 0.05) is 4.47 Å². The molecule has 5 nitrogen and oxygen atoms in total. The predicted molar refractivity (Wildman–Crippen MR) is 112 cm³/mol. The van der Waals surface area contributed by atoms with E-state index in [1.807, 2.05) is 0 Å². The lowest BCUT2D eigenvalue weighted by molar-refractivity contribution is -0.114. The van der Waals surface area contributed by atoms with Gasteiger partial charge >= 0.3 is 0 Å². The number of carbonyl (C=O) groups excluding carboxylic acids is 1. The Balaban J connectivity index is 2.00. The number of carbonyl (C=O) groups is 1. The number of ether oxygens (including phenoxy) is 2. The summed E-state index contributed by atoms with van der Waals surface area (Å²) in [5.74, 6) is 0.897. The van der Waals surface area contributed by atoms with E-state index < -0.39 is 0 Å². The van der Waals surface area contributed by atoms with E-state index in [1.165, 1.54) is 5.01 Å². The Labute approximate surface area is 175 Å².